The molecule has 2 spiro atoms. The van der Waals surface area contributed by atoms with Crippen molar-refractivity contribution in [2.24, 2.45) is 16.1 Å². The van der Waals surface area contributed by atoms with Crippen LogP contribution in [0.3, 0.4) is 0 Å². The summed E-state index contributed by atoms with van der Waals surface area (Å²) in [7, 11) is 3.79. The molecule has 4 aliphatic heterocycles. The van der Waals surface area contributed by atoms with E-state index in [2.05, 4.69) is 22.9 Å². The van der Waals surface area contributed by atoms with E-state index in [1.165, 1.54) is 18.4 Å². The minimum absolute atomic E-state index is 0.0251. The Morgan fingerprint density at radius 1 is 0.812 bits per heavy atom. The van der Waals surface area contributed by atoms with Crippen LogP contribution < -0.4 is 14.2 Å². The number of aromatic hydroxyl groups is 1. The first-order valence-corrected chi connectivity index (χ1v) is 18.1. The Bertz CT molecular complexity index is 1860. The van der Waals surface area contributed by atoms with E-state index in [-0.39, 0.29) is 17.8 Å². The van der Waals surface area contributed by atoms with Crippen LogP contribution in [0.5, 0.6) is 23.0 Å². The molecule has 5 fully saturated rings. The first kappa shape index (κ1) is 28.6. The van der Waals surface area contributed by atoms with Crippen LogP contribution in [0.4, 0.5) is 0 Å². The summed E-state index contributed by atoms with van der Waals surface area (Å²) < 4.78 is 19.4. The van der Waals surface area contributed by atoms with E-state index in [4.69, 9.17) is 24.4 Å². The molecule has 9 aliphatic rings. The van der Waals surface area contributed by atoms with Gasteiger partial charge in [0.1, 0.15) is 0 Å². The van der Waals surface area contributed by atoms with E-state index in [9.17, 15) is 15.3 Å². The second-order valence-corrected chi connectivity index (χ2v) is 16.4. The van der Waals surface area contributed by atoms with Gasteiger partial charge in [0, 0.05) is 29.8 Å². The molecule has 3 N–H and O–H groups in total. The summed E-state index contributed by atoms with van der Waals surface area (Å²) in [5.74, 6) is 2.84. The van der Waals surface area contributed by atoms with E-state index in [0.717, 1.165) is 85.1 Å². The predicted molar refractivity (Wildman–Crippen MR) is 178 cm³/mol. The van der Waals surface area contributed by atoms with Gasteiger partial charge in [0.05, 0.1) is 40.6 Å². The van der Waals surface area contributed by atoms with Gasteiger partial charge in [0.15, 0.2) is 35.2 Å². The minimum Gasteiger partial charge on any atom is -0.504 e. The maximum atomic E-state index is 12.9. The van der Waals surface area contributed by atoms with Crippen LogP contribution in [0.25, 0.3) is 0 Å². The molecule has 2 saturated heterocycles. The molecule has 4 bridgehead atoms. The molecule has 3 saturated carbocycles. The molecule has 0 aromatic heterocycles. The summed E-state index contributed by atoms with van der Waals surface area (Å²) >= 11 is 0. The van der Waals surface area contributed by atoms with Crippen molar-refractivity contribution in [3.63, 3.8) is 0 Å². The third kappa shape index (κ3) is 3.12. The third-order valence-electron chi connectivity index (χ3n) is 14.6. The summed E-state index contributed by atoms with van der Waals surface area (Å²) in [5.41, 5.74) is 2.95. The van der Waals surface area contributed by atoms with Gasteiger partial charge < -0.3 is 34.4 Å². The van der Waals surface area contributed by atoms with Gasteiger partial charge in [-0.2, -0.15) is 10.2 Å². The highest BCUT2D eigenvalue weighted by atomic mass is 16.5. The lowest BCUT2D eigenvalue weighted by Gasteiger charge is -2.63. The maximum absolute atomic E-state index is 12.9. The Kier molecular flexibility index (Phi) is 5.45. The largest absolute Gasteiger partial charge is 0.504 e. The average Bonchev–Trinajstić information content (AvgIpc) is 3.71. The zero-order valence-electron chi connectivity index (χ0n) is 27.7. The zero-order valence-corrected chi connectivity index (χ0v) is 27.7. The van der Waals surface area contributed by atoms with Crippen LogP contribution in [-0.2, 0) is 23.7 Å². The van der Waals surface area contributed by atoms with Crippen LogP contribution in [0.2, 0.25) is 0 Å². The fourth-order valence-electron chi connectivity index (χ4n) is 12.3. The number of rotatable bonds is 4. The van der Waals surface area contributed by atoms with Crippen molar-refractivity contribution in [1.29, 1.82) is 0 Å². The number of piperidine rings is 2. The molecule has 8 unspecified atom stereocenters. The number of phenolic OH excluding ortho intramolecular Hbond substituents is 1. The van der Waals surface area contributed by atoms with Crippen molar-refractivity contribution < 1.29 is 29.5 Å². The molecule has 4 heterocycles. The van der Waals surface area contributed by atoms with Crippen LogP contribution >= 0.6 is 0 Å². The fraction of sp³-hybridized carbons (Fsp3) is 0.632. The number of benzene rings is 2. The monoisotopic (exact) mass is 652 g/mol. The van der Waals surface area contributed by atoms with Gasteiger partial charge in [-0.25, -0.2) is 0 Å². The lowest BCUT2D eigenvalue weighted by atomic mass is 9.49. The number of likely N-dealkylation sites (N-methyl/N-ethyl adjacent to an activating group) is 1. The molecule has 8 atom stereocenters. The van der Waals surface area contributed by atoms with Crippen molar-refractivity contribution in [3.05, 3.63) is 46.5 Å². The lowest BCUT2D eigenvalue weighted by Crippen LogP contribution is -2.76. The molecule has 2 aromatic rings. The van der Waals surface area contributed by atoms with E-state index < -0.39 is 34.2 Å². The first-order chi connectivity index (χ1) is 23.2. The number of aliphatic hydroxyl groups is 2. The number of ether oxygens (including phenoxy) is 3. The van der Waals surface area contributed by atoms with Gasteiger partial charge in [0.25, 0.3) is 0 Å². The molecule has 0 amide bonds. The summed E-state index contributed by atoms with van der Waals surface area (Å²) in [6.45, 7) is 2.83. The molecule has 2 aromatic carbocycles. The Balaban J connectivity index is 1.02. The van der Waals surface area contributed by atoms with Crippen LogP contribution in [-0.4, -0.2) is 106 Å². The number of likely N-dealkylation sites (tertiary alicyclic amines) is 2. The van der Waals surface area contributed by atoms with Gasteiger partial charge in [0.2, 0.25) is 0 Å². The SMILES string of the molecule is COc1ccc2c3c1OC1/C(=N\N=C4\CCC5(O)C6Cc7ccc(O)c8c7C5(CCN6C)C4O8)CCC4(O)C(C2)N(CC2CC2)CCC314. The van der Waals surface area contributed by atoms with Crippen LogP contribution in [0, 0.1) is 5.92 Å². The van der Waals surface area contributed by atoms with Gasteiger partial charge >= 0.3 is 0 Å². The van der Waals surface area contributed by atoms with Crippen molar-refractivity contribution in [2.45, 2.75) is 111 Å². The smallest absolute Gasteiger partial charge is 0.166 e. The van der Waals surface area contributed by atoms with Crippen LogP contribution in [0.15, 0.2) is 34.5 Å². The van der Waals surface area contributed by atoms with E-state index in [0.29, 0.717) is 37.2 Å². The molecular weight excluding hydrogens is 608 g/mol. The molecule has 10 nitrogen and oxygen atoms in total. The number of nitrogens with zero attached hydrogens (tertiary/aromatic N) is 4. The number of hydrogen-bond donors (Lipinski definition) is 3. The van der Waals surface area contributed by atoms with Crippen molar-refractivity contribution in [1.82, 2.24) is 9.80 Å². The predicted octanol–water partition coefficient (Wildman–Crippen LogP) is 3.25. The Labute approximate surface area is 280 Å². The van der Waals surface area contributed by atoms with E-state index in [1.54, 1.807) is 13.2 Å². The molecule has 0 radical (unpaired) electrons. The molecule has 11 rings (SSSR count). The van der Waals surface area contributed by atoms with E-state index in [1.807, 2.05) is 12.1 Å². The fourth-order valence-corrected chi connectivity index (χ4v) is 12.3. The number of hydrogen-bond acceptors (Lipinski definition) is 10. The first-order valence-electron chi connectivity index (χ1n) is 18.1. The van der Waals surface area contributed by atoms with E-state index >= 15 is 0 Å². The Morgan fingerprint density at radius 3 is 2.10 bits per heavy atom. The second-order valence-electron chi connectivity index (χ2n) is 16.4. The summed E-state index contributed by atoms with van der Waals surface area (Å²) in [5, 5.41) is 46.6. The number of methoxy groups -OCH3 is 1. The average molecular weight is 653 g/mol. The number of phenols is 1. The highest BCUT2D eigenvalue weighted by Crippen LogP contribution is 2.67. The third-order valence-corrected chi connectivity index (χ3v) is 14.6. The van der Waals surface area contributed by atoms with Crippen LogP contribution in [0.1, 0.15) is 73.6 Å². The highest BCUT2D eigenvalue weighted by molar-refractivity contribution is 5.97. The molecule has 10 heteroatoms. The lowest BCUT2D eigenvalue weighted by molar-refractivity contribution is -0.166. The van der Waals surface area contributed by atoms with Gasteiger partial charge in [-0.05, 0) is 114 Å². The van der Waals surface area contributed by atoms with Crippen molar-refractivity contribution in [3.8, 4) is 23.0 Å². The molecule has 5 aliphatic carbocycles. The van der Waals surface area contributed by atoms with Crippen molar-refractivity contribution >= 4 is 11.4 Å². The van der Waals surface area contributed by atoms with Gasteiger partial charge in [-0.3, -0.25) is 4.90 Å². The zero-order chi connectivity index (χ0) is 32.4. The topological polar surface area (TPSA) is 120 Å². The maximum Gasteiger partial charge on any atom is 0.166 e. The molecule has 252 valence electrons. The molecular formula is C38H44N4O6. The normalized spacial score (nSPS) is 43.1. The summed E-state index contributed by atoms with van der Waals surface area (Å²) in [6, 6.07) is 7.96. The van der Waals surface area contributed by atoms with Gasteiger partial charge in [-0.1, -0.05) is 12.1 Å². The van der Waals surface area contributed by atoms with Gasteiger partial charge in [-0.15, -0.1) is 0 Å². The second kappa shape index (κ2) is 9.13. The highest BCUT2D eigenvalue weighted by Gasteiger charge is 2.74. The molecule has 48 heavy (non-hydrogen) atoms. The minimum atomic E-state index is -0.988. The Hall–Kier alpha value is -3.18. The van der Waals surface area contributed by atoms with Crippen molar-refractivity contribution in [2.75, 3.05) is 33.8 Å². The Morgan fingerprint density at radius 2 is 1.42 bits per heavy atom. The summed E-state index contributed by atoms with van der Waals surface area (Å²) in [6.07, 6.45) is 7.05. The standard InChI is InChI=1S/C38H44N4O6/c1-41-15-13-35-29-21-5-7-25(43)31(29)47-33(35)23(9-11-37(35,44)27(41)17-21)39-40-24-10-12-38(45)28-18-22-6-8-26(46-2)32-30(22)36(38,34(24)48-32)14-16-42(28)19-20-3-4-20/h5-8,20,27-28,33-34,43-45H,3-4,9-19H2,1-2H3/b39-23-,40-24-. The quantitative estimate of drug-likeness (QED) is 0.431. The summed E-state index contributed by atoms with van der Waals surface area (Å²) in [4.78, 5) is 4.87.